The molecule has 1 aromatic carbocycles. The predicted molar refractivity (Wildman–Crippen MR) is 105 cm³/mol. The van der Waals surface area contributed by atoms with Crippen molar-refractivity contribution in [3.63, 3.8) is 0 Å². The molecule has 5 heteroatoms. The van der Waals surface area contributed by atoms with E-state index in [0.29, 0.717) is 0 Å². The Morgan fingerprint density at radius 3 is 2.79 bits per heavy atom. The van der Waals surface area contributed by atoms with Crippen LogP contribution in [-0.2, 0) is 19.9 Å². The van der Waals surface area contributed by atoms with E-state index in [1.54, 1.807) is 6.08 Å². The number of carbonyl (C=O) groups is 1. The van der Waals surface area contributed by atoms with E-state index in [1.165, 1.54) is 11.6 Å². The first-order valence-corrected chi connectivity index (χ1v) is 10.5. The Labute approximate surface area is 166 Å². The average Bonchev–Trinajstić information content (AvgIpc) is 2.74. The summed E-state index contributed by atoms with van der Waals surface area (Å²) in [5.41, 5.74) is 1.21. The molecule has 5 nitrogen and oxygen atoms in total. The van der Waals surface area contributed by atoms with Gasteiger partial charge in [-0.25, -0.2) is 4.79 Å². The maximum Gasteiger partial charge on any atom is 0.327 e. The number of benzene rings is 1. The molecular weight excluding hydrogens is 356 g/mol. The summed E-state index contributed by atoms with van der Waals surface area (Å²) >= 11 is 0. The molecule has 3 heterocycles. The van der Waals surface area contributed by atoms with Gasteiger partial charge < -0.3 is 19.3 Å². The van der Waals surface area contributed by atoms with Crippen LogP contribution in [0.25, 0.3) is 0 Å². The number of hydrogen-bond donors (Lipinski definition) is 1. The molecule has 1 unspecified atom stereocenters. The van der Waals surface area contributed by atoms with E-state index in [4.69, 9.17) is 19.3 Å². The Morgan fingerprint density at radius 1 is 1.25 bits per heavy atom. The van der Waals surface area contributed by atoms with Gasteiger partial charge in [-0.2, -0.15) is 0 Å². The number of hydrogen-bond acceptors (Lipinski definition) is 4. The van der Waals surface area contributed by atoms with Crippen LogP contribution in [0, 0.1) is 5.41 Å². The zero-order valence-electron chi connectivity index (χ0n) is 16.4. The van der Waals surface area contributed by atoms with Gasteiger partial charge in [0.1, 0.15) is 5.75 Å². The normalized spacial score (nSPS) is 32.5. The summed E-state index contributed by atoms with van der Waals surface area (Å²) in [5, 5.41) is 8.74. The molecule has 3 aliphatic heterocycles. The number of rotatable bonds is 7. The Morgan fingerprint density at radius 2 is 2.11 bits per heavy atom. The lowest BCUT2D eigenvalue weighted by Gasteiger charge is -2.53. The van der Waals surface area contributed by atoms with Crippen LogP contribution < -0.4 is 4.74 Å². The third-order valence-corrected chi connectivity index (χ3v) is 6.64. The summed E-state index contributed by atoms with van der Waals surface area (Å²) < 4.78 is 18.2. The first kappa shape index (κ1) is 19.5. The van der Waals surface area contributed by atoms with Gasteiger partial charge in [0.2, 0.25) is 0 Å². The average molecular weight is 386 g/mol. The van der Waals surface area contributed by atoms with Crippen molar-refractivity contribution >= 4 is 5.97 Å². The molecule has 0 amide bonds. The Hall–Kier alpha value is -1.85. The summed E-state index contributed by atoms with van der Waals surface area (Å²) in [4.78, 5) is 10.6. The first-order valence-electron chi connectivity index (χ1n) is 10.5. The highest BCUT2D eigenvalue weighted by Crippen LogP contribution is 2.55. The molecule has 3 saturated heterocycles. The number of allylic oxidation sites excluding steroid dienone is 1. The third-order valence-electron chi connectivity index (χ3n) is 6.64. The minimum Gasteiger partial charge on any atom is -0.478 e. The van der Waals surface area contributed by atoms with Crippen molar-refractivity contribution in [3.8, 4) is 5.75 Å². The number of carboxylic acids is 1. The molecule has 1 atom stereocenters. The molecule has 4 fully saturated rings. The fourth-order valence-corrected chi connectivity index (χ4v) is 4.84. The van der Waals surface area contributed by atoms with Crippen LogP contribution in [0.15, 0.2) is 36.4 Å². The molecule has 1 N–H and O–H groups in total. The zero-order valence-corrected chi connectivity index (χ0v) is 16.4. The topological polar surface area (TPSA) is 65.0 Å². The molecule has 4 aliphatic rings. The Kier molecular flexibility index (Phi) is 5.74. The van der Waals surface area contributed by atoms with Crippen molar-refractivity contribution in [3.05, 3.63) is 42.0 Å². The van der Waals surface area contributed by atoms with E-state index < -0.39 is 5.97 Å². The van der Waals surface area contributed by atoms with Gasteiger partial charge in [-0.05, 0) is 74.5 Å². The molecule has 2 bridgehead atoms. The van der Waals surface area contributed by atoms with Crippen molar-refractivity contribution in [2.45, 2.75) is 69.7 Å². The fraction of sp³-hybridized carbons (Fsp3) is 0.609. The lowest BCUT2D eigenvalue weighted by Crippen LogP contribution is -2.49. The molecule has 152 valence electrons. The third kappa shape index (κ3) is 4.26. The van der Waals surface area contributed by atoms with Gasteiger partial charge in [0, 0.05) is 12.5 Å². The maximum atomic E-state index is 10.6. The Bertz CT molecular complexity index is 695. The van der Waals surface area contributed by atoms with E-state index in [1.807, 2.05) is 6.07 Å². The lowest BCUT2D eigenvalue weighted by molar-refractivity contribution is -0.191. The van der Waals surface area contributed by atoms with Gasteiger partial charge in [-0.1, -0.05) is 18.2 Å². The summed E-state index contributed by atoms with van der Waals surface area (Å²) in [6, 6.07) is 8.34. The summed E-state index contributed by atoms with van der Waals surface area (Å²) in [6.45, 7) is 1.53. The molecule has 0 spiro atoms. The Balaban J connectivity index is 1.38. The lowest BCUT2D eigenvalue weighted by atomic mass is 9.62. The SMILES string of the molecule is O=C(O)C=CCCC12CCC(c3cccc(OC4CCCCO4)c3)(CC1)OC2. The maximum absolute atomic E-state index is 10.6. The van der Waals surface area contributed by atoms with Crippen molar-refractivity contribution in [1.82, 2.24) is 0 Å². The summed E-state index contributed by atoms with van der Waals surface area (Å²) in [7, 11) is 0. The molecule has 0 aromatic heterocycles. The van der Waals surface area contributed by atoms with Crippen LogP contribution in [0.4, 0.5) is 0 Å². The number of carboxylic acid groups (broad SMARTS) is 1. The van der Waals surface area contributed by atoms with E-state index in [9.17, 15) is 4.79 Å². The van der Waals surface area contributed by atoms with Crippen molar-refractivity contribution in [2.75, 3.05) is 13.2 Å². The molecule has 28 heavy (non-hydrogen) atoms. The van der Waals surface area contributed by atoms with E-state index >= 15 is 0 Å². The molecule has 5 rings (SSSR count). The fourth-order valence-electron chi connectivity index (χ4n) is 4.84. The minimum atomic E-state index is -0.874. The largest absolute Gasteiger partial charge is 0.478 e. The van der Waals surface area contributed by atoms with Crippen LogP contribution in [0.5, 0.6) is 5.75 Å². The molecule has 1 saturated carbocycles. The van der Waals surface area contributed by atoms with Gasteiger partial charge in [0.25, 0.3) is 0 Å². The van der Waals surface area contributed by atoms with Crippen LogP contribution in [-0.4, -0.2) is 30.6 Å². The van der Waals surface area contributed by atoms with Crippen LogP contribution in [0.2, 0.25) is 0 Å². The second-order valence-electron chi connectivity index (χ2n) is 8.50. The number of aliphatic carboxylic acids is 1. The highest BCUT2D eigenvalue weighted by Gasteiger charge is 2.50. The van der Waals surface area contributed by atoms with E-state index in [0.717, 1.165) is 76.8 Å². The highest BCUT2D eigenvalue weighted by molar-refractivity contribution is 5.79. The quantitative estimate of drug-likeness (QED) is 0.682. The van der Waals surface area contributed by atoms with Crippen LogP contribution >= 0.6 is 0 Å². The summed E-state index contributed by atoms with van der Waals surface area (Å²) in [6.07, 6.45) is 12.2. The molecular formula is C23H30O5. The van der Waals surface area contributed by atoms with Gasteiger partial charge in [-0.3, -0.25) is 0 Å². The second kappa shape index (κ2) is 8.26. The minimum absolute atomic E-state index is 0.133. The van der Waals surface area contributed by atoms with Crippen molar-refractivity contribution in [1.29, 1.82) is 0 Å². The summed E-state index contributed by atoms with van der Waals surface area (Å²) in [5.74, 6) is -0.00984. The molecule has 1 aromatic rings. The standard InChI is InChI=1S/C23H30O5/c24-20(25)8-1-3-10-22-11-13-23(14-12-22,27-17-22)18-6-5-7-19(16-18)28-21-9-2-4-15-26-21/h1,5-8,16,21H,2-4,9-15,17H2,(H,24,25). The molecule has 0 radical (unpaired) electrons. The number of fused-ring (bicyclic) bond motifs is 3. The smallest absolute Gasteiger partial charge is 0.327 e. The zero-order chi connectivity index (χ0) is 19.5. The van der Waals surface area contributed by atoms with E-state index in [2.05, 4.69) is 18.2 Å². The van der Waals surface area contributed by atoms with Crippen LogP contribution in [0.3, 0.4) is 0 Å². The van der Waals surface area contributed by atoms with Gasteiger partial charge in [0.05, 0.1) is 18.8 Å². The molecule has 1 aliphatic carbocycles. The van der Waals surface area contributed by atoms with Gasteiger partial charge >= 0.3 is 5.97 Å². The van der Waals surface area contributed by atoms with Crippen molar-refractivity contribution < 1.29 is 24.1 Å². The van der Waals surface area contributed by atoms with Crippen LogP contribution in [0.1, 0.15) is 63.4 Å². The highest BCUT2D eigenvalue weighted by atomic mass is 16.7. The van der Waals surface area contributed by atoms with Crippen molar-refractivity contribution in [2.24, 2.45) is 5.41 Å². The number of ether oxygens (including phenoxy) is 3. The monoisotopic (exact) mass is 386 g/mol. The van der Waals surface area contributed by atoms with E-state index in [-0.39, 0.29) is 17.3 Å². The first-order chi connectivity index (χ1) is 13.6. The second-order valence-corrected chi connectivity index (χ2v) is 8.50. The predicted octanol–water partition coefficient (Wildman–Crippen LogP) is 4.80. The van der Waals surface area contributed by atoms with Gasteiger partial charge in [0.15, 0.2) is 6.29 Å². The van der Waals surface area contributed by atoms with Gasteiger partial charge in [-0.15, -0.1) is 0 Å².